The van der Waals surface area contributed by atoms with E-state index < -0.39 is 22.5 Å². The number of aliphatic carboxylic acids is 1. The molecule has 0 aromatic heterocycles. The summed E-state index contributed by atoms with van der Waals surface area (Å²) >= 11 is 15.7. The van der Waals surface area contributed by atoms with Gasteiger partial charge in [-0.3, -0.25) is 4.79 Å². The van der Waals surface area contributed by atoms with E-state index in [1.54, 1.807) is 48.5 Å². The van der Waals surface area contributed by atoms with E-state index in [0.717, 1.165) is 0 Å². The molecule has 1 N–H and O–H groups in total. The van der Waals surface area contributed by atoms with E-state index in [2.05, 4.69) is 109 Å². The van der Waals surface area contributed by atoms with Crippen molar-refractivity contribution in [2.45, 2.75) is 16.5 Å². The second-order valence-corrected chi connectivity index (χ2v) is 71.7. The number of hydrogen-bond donors (Lipinski definition) is 1. The van der Waals surface area contributed by atoms with E-state index in [-0.39, 0.29) is 7.89 Å². The summed E-state index contributed by atoms with van der Waals surface area (Å²) in [6.07, 6.45) is -0.527. The number of epoxide rings is 1. The number of benzene rings is 2. The van der Waals surface area contributed by atoms with Crippen LogP contribution in [0.4, 0.5) is 0 Å². The third-order valence-corrected chi connectivity index (χ3v) is 4.71. The van der Waals surface area contributed by atoms with Gasteiger partial charge in [0.15, 0.2) is 0 Å². The van der Waals surface area contributed by atoms with Crippen LogP contribution in [0.1, 0.15) is 33.2 Å². The van der Waals surface area contributed by atoms with Gasteiger partial charge in [-0.25, -0.2) is 0 Å². The van der Waals surface area contributed by atoms with Gasteiger partial charge in [0.05, 0.1) is 23.3 Å². The zero-order chi connectivity index (χ0) is 27.0. The quantitative estimate of drug-likeness (QED) is 0.232. The van der Waals surface area contributed by atoms with Crippen LogP contribution in [0.5, 0.6) is 0 Å². The molecule has 1 saturated heterocycles. The maximum atomic E-state index is 10.6. The Hall–Kier alpha value is 1.42. The number of rotatable bonds is 3. The monoisotopic (exact) mass is 1320 g/mol. The first-order valence-corrected chi connectivity index (χ1v) is 40.8. The Kier molecular flexibility index (Phi) is 21.2. The largest absolute Gasteiger partial charge is 0.480 e. The molecule has 1 aliphatic heterocycles. The predicted molar refractivity (Wildman–Crippen MR) is 184 cm³/mol. The number of halogens is 8. The molecule has 35 heavy (non-hydrogen) atoms. The van der Waals surface area contributed by atoms with E-state index in [9.17, 15) is 4.79 Å². The molecule has 2 unspecified atom stereocenters. The van der Waals surface area contributed by atoms with Gasteiger partial charge in [0.1, 0.15) is 23.1 Å². The summed E-state index contributed by atoms with van der Waals surface area (Å²) in [4.78, 5) is 9.82. The van der Waals surface area contributed by atoms with E-state index >= 15 is 0 Å². The summed E-state index contributed by atoms with van der Waals surface area (Å²) in [7, 11) is -0.353. The molecule has 1 heterocycles. The summed E-state index contributed by atoms with van der Waals surface area (Å²) < 4.78 is 5.06. The molecule has 0 saturated carbocycles. The van der Waals surface area contributed by atoms with Crippen LogP contribution in [0.3, 0.4) is 0 Å². The molecule has 2 aromatic carbocycles. The van der Waals surface area contributed by atoms with Crippen molar-refractivity contribution in [3.05, 3.63) is 70.8 Å². The third-order valence-electron chi connectivity index (χ3n) is 3.79. The Balaban J connectivity index is 0.000000527. The zero-order valence-corrected chi connectivity index (χ0v) is 33.5. The Morgan fingerprint density at radius 3 is 1.89 bits per heavy atom. The van der Waals surface area contributed by atoms with Crippen molar-refractivity contribution >= 4 is 123 Å². The average Bonchev–Trinajstić information content (AvgIpc) is 3.59. The molecular weight excluding hydrogens is 1310 g/mol. The van der Waals surface area contributed by atoms with Crippen LogP contribution < -0.4 is 13.3 Å². The number of nitrogens with zero attached hydrogens (tertiary/aromatic N) is 4. The molecule has 0 aliphatic carbocycles. The summed E-state index contributed by atoms with van der Waals surface area (Å²) in [5.74, 6) is -0.963. The maximum absolute atomic E-state index is 10.6. The van der Waals surface area contributed by atoms with Crippen molar-refractivity contribution < 1.29 is 27.9 Å². The maximum Gasteiger partial charge on any atom is 0.321 e. The Morgan fingerprint density at radius 2 is 1.49 bits per heavy atom. The Bertz CT molecular complexity index is 1140. The summed E-state index contributed by atoms with van der Waals surface area (Å²) in [6.45, 7) is 0. The van der Waals surface area contributed by atoms with Crippen LogP contribution in [0.25, 0.3) is 0 Å². The normalized spacial score (nSPS) is 15.1. The molecule has 2 atom stereocenters. The smallest absolute Gasteiger partial charge is 0.321 e. The van der Waals surface area contributed by atoms with Crippen molar-refractivity contribution in [2.24, 2.45) is 0 Å². The van der Waals surface area contributed by atoms with Gasteiger partial charge in [-0.05, 0) is 35.4 Å². The molecule has 2 aromatic rings. The number of carboxylic acids is 1. The number of alkyl halides is 1. The van der Waals surface area contributed by atoms with E-state index in [1.165, 1.54) is 0 Å². The summed E-state index contributed by atoms with van der Waals surface area (Å²) in [5.41, 5.74) is 0.869. The van der Waals surface area contributed by atoms with E-state index in [0.29, 0.717) is 35.5 Å². The van der Waals surface area contributed by atoms with Crippen LogP contribution in [0, 0.1) is 45.3 Å². The van der Waals surface area contributed by atoms with Gasteiger partial charge < -0.3 is 9.84 Å². The van der Waals surface area contributed by atoms with Crippen LogP contribution in [-0.4, -0.2) is 16.7 Å². The molecule has 7 nitrogen and oxygen atoms in total. The molecule has 0 radical (unpaired) electrons. The molecule has 0 bridgehead atoms. The number of nitriles is 4. The Labute approximate surface area is 277 Å². The van der Waals surface area contributed by atoms with Gasteiger partial charge in [0, 0.05) is 0 Å². The molecule has 1 aliphatic rings. The molecule has 3 rings (SSSR count). The molecule has 186 valence electrons. The summed E-state index contributed by atoms with van der Waals surface area (Å²) in [5, 5.41) is 43.4. The van der Waals surface area contributed by atoms with Gasteiger partial charge in [0.2, 0.25) is 0 Å². The molecule has 0 spiro atoms. The van der Waals surface area contributed by atoms with Crippen LogP contribution in [0.2, 0.25) is 0 Å². The van der Waals surface area contributed by atoms with Crippen molar-refractivity contribution in [1.29, 1.82) is 21.0 Å². The van der Waals surface area contributed by atoms with Crippen molar-refractivity contribution in [1.82, 2.24) is 0 Å². The van der Waals surface area contributed by atoms with Crippen LogP contribution in [-0.2, 0) is 9.53 Å². The minimum atomic E-state index is -1.35. The zero-order valence-electron chi connectivity index (χ0n) is 16.8. The van der Waals surface area contributed by atoms with Gasteiger partial charge >= 0.3 is 120 Å². The van der Waals surface area contributed by atoms with Crippen LogP contribution in [0.15, 0.2) is 48.5 Å². The molecular formula is C20H11BrI7N4O3-. The minimum Gasteiger partial charge on any atom is -0.480 e. The second kappa shape index (κ2) is 20.3. The van der Waals surface area contributed by atoms with Gasteiger partial charge in [-0.1, -0.05) is 40.2 Å². The van der Waals surface area contributed by atoms with Crippen molar-refractivity contribution in [3.8, 4) is 24.3 Å². The average molecular weight is 1320 g/mol. The van der Waals surface area contributed by atoms with Gasteiger partial charge in [-0.2, -0.15) is 21.0 Å². The fourth-order valence-corrected chi connectivity index (χ4v) is 2.61. The number of ether oxygens (including phenoxy) is 1. The van der Waals surface area contributed by atoms with E-state index in [4.69, 9.17) is 30.9 Å². The number of carbonyl (C=O) groups is 1. The van der Waals surface area contributed by atoms with Crippen LogP contribution >= 0.6 is 117 Å². The fourth-order valence-electron chi connectivity index (χ4n) is 2.33. The third kappa shape index (κ3) is 14.4. The fraction of sp³-hybridized carbons (Fsp3) is 0.150. The second-order valence-electron chi connectivity index (χ2n) is 5.85. The summed E-state index contributed by atoms with van der Waals surface area (Å²) in [6, 6.07) is 20.8. The molecule has 0 amide bonds. The van der Waals surface area contributed by atoms with Crippen molar-refractivity contribution in [2.75, 3.05) is 0 Å². The van der Waals surface area contributed by atoms with Gasteiger partial charge in [0.25, 0.3) is 5.60 Å². The molecule has 15 heteroatoms. The topological polar surface area (TPSA) is 145 Å². The first-order chi connectivity index (χ1) is 16.5. The number of hydrogen-bond acceptors (Lipinski definition) is 6. The predicted octanol–water partition coefficient (Wildman–Crippen LogP) is 5.81. The minimum absolute atomic E-state index is 0.353. The molecule has 1 fully saturated rings. The Morgan fingerprint density at radius 1 is 1.03 bits per heavy atom. The van der Waals surface area contributed by atoms with Crippen molar-refractivity contribution in [3.63, 3.8) is 0 Å². The van der Waals surface area contributed by atoms with Gasteiger partial charge in [-0.15, -0.1) is 0 Å². The SMILES string of the molecule is II(I)I.I[I-]I.N#Cc1cccc(C(Br)C(=O)O)c1.N#Cc1cccc(C2OC2(C#N)C#N)c1. The standard InChI is InChI=1S/C11H5N3O.C9H6BrNO2.I4.I3/c12-5-8-2-1-3-9(4-8)10-11(6-13,7-14)15-10;10-8(9(12)13)7-3-1-2-6(4-7)5-11;1-4(2)3;1-3-2/h1-4,10H;1-4,8H,(H,12,13);;/q;;;-1. The first kappa shape index (κ1) is 36.4. The van der Waals surface area contributed by atoms with E-state index in [1.807, 2.05) is 24.3 Å². The number of carboxylic acid groups (broad SMARTS) is 1. The first-order valence-electron chi connectivity index (χ1n) is 8.49.